The summed E-state index contributed by atoms with van der Waals surface area (Å²) in [6.45, 7) is 0. The van der Waals surface area contributed by atoms with Crippen LogP contribution in [-0.4, -0.2) is 5.97 Å². The second kappa shape index (κ2) is 8.40. The van der Waals surface area contributed by atoms with Gasteiger partial charge in [0.2, 0.25) is 0 Å². The maximum absolute atomic E-state index is 14.4. The van der Waals surface area contributed by atoms with E-state index in [1.54, 1.807) is 0 Å². The Morgan fingerprint density at radius 2 is 1.27 bits per heavy atom. The fraction of sp³-hybridized carbons (Fsp3) is 0. The van der Waals surface area contributed by atoms with Crippen molar-refractivity contribution in [1.82, 2.24) is 0 Å². The van der Waals surface area contributed by atoms with E-state index >= 15 is 0 Å². The molecule has 3 aromatic carbocycles. The molecule has 0 fully saturated rings. The summed E-state index contributed by atoms with van der Waals surface area (Å²) in [5.74, 6) is -8.61. The smallest absolute Gasteiger partial charge is 0.343 e. The topological polar surface area (TPSA) is 26.3 Å². The highest BCUT2D eigenvalue weighted by Gasteiger charge is 2.17. The zero-order chi connectivity index (χ0) is 22.0. The summed E-state index contributed by atoms with van der Waals surface area (Å²) >= 11 is 0. The Hall–Kier alpha value is -3.62. The number of carbonyl (C=O) groups is 1. The highest BCUT2D eigenvalue weighted by Crippen LogP contribution is 2.28. The standard InChI is InChI=1S/C21H9F7O2/c22-15-7-11(3-6-14(15)12-8-16(23)19(26)17(24)9-12)21(29)30-13-4-1-10(2-5-13)18(25)20(27)28/h1-9H. The molecule has 0 unspecified atom stereocenters. The minimum absolute atomic E-state index is 0.122. The normalized spacial score (nSPS) is 10.6. The fourth-order valence-corrected chi connectivity index (χ4v) is 2.53. The molecule has 30 heavy (non-hydrogen) atoms. The number of esters is 1. The first kappa shape index (κ1) is 21.1. The highest BCUT2D eigenvalue weighted by atomic mass is 19.3. The van der Waals surface area contributed by atoms with E-state index in [9.17, 15) is 35.5 Å². The molecular weight excluding hydrogens is 417 g/mol. The zero-order valence-electron chi connectivity index (χ0n) is 14.7. The van der Waals surface area contributed by atoms with E-state index in [2.05, 4.69) is 0 Å². The Morgan fingerprint density at radius 3 is 1.80 bits per heavy atom. The van der Waals surface area contributed by atoms with Crippen LogP contribution in [0.25, 0.3) is 17.0 Å². The van der Waals surface area contributed by atoms with E-state index in [0.717, 1.165) is 42.5 Å². The number of rotatable bonds is 4. The van der Waals surface area contributed by atoms with E-state index < -0.39 is 46.7 Å². The predicted octanol–water partition coefficient (Wildman–Crippen LogP) is 6.66. The van der Waals surface area contributed by atoms with Gasteiger partial charge in [0.15, 0.2) is 23.3 Å². The van der Waals surface area contributed by atoms with Gasteiger partial charge in [-0.25, -0.2) is 26.7 Å². The van der Waals surface area contributed by atoms with Crippen molar-refractivity contribution in [3.05, 3.63) is 95.1 Å². The minimum atomic E-state index is -2.50. The van der Waals surface area contributed by atoms with Gasteiger partial charge in [-0.15, -0.1) is 0 Å². The first-order chi connectivity index (χ1) is 14.2. The third-order valence-corrected chi connectivity index (χ3v) is 3.98. The van der Waals surface area contributed by atoms with Gasteiger partial charge in [-0.1, -0.05) is 6.07 Å². The fourth-order valence-electron chi connectivity index (χ4n) is 2.53. The van der Waals surface area contributed by atoms with E-state index in [-0.39, 0.29) is 22.4 Å². The van der Waals surface area contributed by atoms with Gasteiger partial charge in [-0.3, -0.25) is 0 Å². The average molecular weight is 426 g/mol. The van der Waals surface area contributed by atoms with Crippen LogP contribution in [0.5, 0.6) is 5.75 Å². The molecule has 0 bridgehead atoms. The molecule has 0 saturated heterocycles. The van der Waals surface area contributed by atoms with Crippen LogP contribution in [0.4, 0.5) is 30.7 Å². The van der Waals surface area contributed by atoms with Gasteiger partial charge < -0.3 is 4.74 Å². The minimum Gasteiger partial charge on any atom is -0.423 e. The number of carbonyl (C=O) groups excluding carboxylic acids is 1. The third-order valence-electron chi connectivity index (χ3n) is 3.98. The van der Waals surface area contributed by atoms with Crippen LogP contribution in [0.1, 0.15) is 15.9 Å². The number of benzene rings is 3. The van der Waals surface area contributed by atoms with Crippen molar-refractivity contribution >= 4 is 11.8 Å². The molecule has 2 nitrogen and oxygen atoms in total. The lowest BCUT2D eigenvalue weighted by molar-refractivity contribution is 0.0734. The van der Waals surface area contributed by atoms with Crippen LogP contribution < -0.4 is 4.74 Å². The monoisotopic (exact) mass is 426 g/mol. The van der Waals surface area contributed by atoms with E-state index in [1.807, 2.05) is 0 Å². The number of hydrogen-bond donors (Lipinski definition) is 0. The molecule has 3 rings (SSSR count). The molecule has 154 valence electrons. The van der Waals surface area contributed by atoms with Crippen molar-refractivity contribution in [2.75, 3.05) is 0 Å². The molecule has 0 radical (unpaired) electrons. The quantitative estimate of drug-likeness (QED) is 0.202. The highest BCUT2D eigenvalue weighted by molar-refractivity contribution is 5.91. The molecule has 0 aliphatic rings. The summed E-state index contributed by atoms with van der Waals surface area (Å²) < 4.78 is 96.6. The van der Waals surface area contributed by atoms with Crippen LogP contribution in [0.2, 0.25) is 0 Å². The molecule has 0 amide bonds. The van der Waals surface area contributed by atoms with Crippen LogP contribution in [0.3, 0.4) is 0 Å². The average Bonchev–Trinajstić information content (AvgIpc) is 2.71. The van der Waals surface area contributed by atoms with E-state index in [0.29, 0.717) is 12.1 Å². The maximum Gasteiger partial charge on any atom is 0.343 e. The largest absolute Gasteiger partial charge is 0.423 e. The lowest BCUT2D eigenvalue weighted by Gasteiger charge is -2.08. The molecule has 0 heterocycles. The molecule has 0 N–H and O–H groups in total. The summed E-state index contributed by atoms with van der Waals surface area (Å²) in [6, 6.07) is 8.13. The predicted molar refractivity (Wildman–Crippen MR) is 93.4 cm³/mol. The lowest BCUT2D eigenvalue weighted by atomic mass is 10.0. The van der Waals surface area contributed by atoms with Crippen LogP contribution >= 0.6 is 0 Å². The SMILES string of the molecule is O=C(Oc1ccc(C(F)=C(F)F)cc1)c1ccc(-c2cc(F)c(F)c(F)c2)c(F)c1. The summed E-state index contributed by atoms with van der Waals surface area (Å²) in [6.07, 6.45) is -2.50. The van der Waals surface area contributed by atoms with Gasteiger partial charge in [0.1, 0.15) is 11.6 Å². The summed E-state index contributed by atoms with van der Waals surface area (Å²) in [4.78, 5) is 12.1. The Kier molecular flexibility index (Phi) is 5.91. The molecule has 0 saturated carbocycles. The molecule has 0 aliphatic heterocycles. The molecule has 0 aliphatic carbocycles. The Bertz CT molecular complexity index is 1130. The second-order valence-corrected chi connectivity index (χ2v) is 5.94. The van der Waals surface area contributed by atoms with Crippen molar-refractivity contribution in [1.29, 1.82) is 0 Å². The van der Waals surface area contributed by atoms with E-state index in [1.165, 1.54) is 0 Å². The van der Waals surface area contributed by atoms with Crippen molar-refractivity contribution in [2.24, 2.45) is 0 Å². The van der Waals surface area contributed by atoms with Crippen LogP contribution in [0.15, 0.2) is 60.7 Å². The zero-order valence-corrected chi connectivity index (χ0v) is 14.7. The third kappa shape index (κ3) is 4.35. The first-order valence-electron chi connectivity index (χ1n) is 8.15. The number of ether oxygens (including phenoxy) is 1. The Labute approximate surface area is 164 Å². The van der Waals surface area contributed by atoms with Gasteiger partial charge in [0, 0.05) is 11.1 Å². The van der Waals surface area contributed by atoms with Crippen molar-refractivity contribution in [2.45, 2.75) is 0 Å². The van der Waals surface area contributed by atoms with Gasteiger partial charge in [-0.2, -0.15) is 8.78 Å². The van der Waals surface area contributed by atoms with Crippen molar-refractivity contribution < 1.29 is 40.3 Å². The van der Waals surface area contributed by atoms with Crippen LogP contribution in [0, 0.1) is 23.3 Å². The number of halogens is 7. The molecule has 9 heteroatoms. The van der Waals surface area contributed by atoms with Crippen molar-refractivity contribution in [3.63, 3.8) is 0 Å². The Balaban J connectivity index is 1.81. The lowest BCUT2D eigenvalue weighted by Crippen LogP contribution is -2.09. The van der Waals surface area contributed by atoms with E-state index in [4.69, 9.17) is 4.74 Å². The molecule has 0 spiro atoms. The van der Waals surface area contributed by atoms with Gasteiger partial charge in [0.05, 0.1) is 5.56 Å². The molecule has 0 aromatic heterocycles. The molecular formula is C21H9F7O2. The summed E-state index contributed by atoms with van der Waals surface area (Å²) in [5.41, 5.74) is -1.27. The second-order valence-electron chi connectivity index (χ2n) is 5.94. The number of hydrogen-bond acceptors (Lipinski definition) is 2. The maximum atomic E-state index is 14.4. The summed E-state index contributed by atoms with van der Waals surface area (Å²) in [5, 5.41) is 0. The van der Waals surface area contributed by atoms with Crippen molar-refractivity contribution in [3.8, 4) is 16.9 Å². The summed E-state index contributed by atoms with van der Waals surface area (Å²) in [7, 11) is 0. The first-order valence-corrected chi connectivity index (χ1v) is 8.15. The van der Waals surface area contributed by atoms with Gasteiger partial charge >= 0.3 is 12.0 Å². The van der Waals surface area contributed by atoms with Crippen LogP contribution in [-0.2, 0) is 0 Å². The van der Waals surface area contributed by atoms with Gasteiger partial charge in [0.25, 0.3) is 0 Å². The Morgan fingerprint density at radius 1 is 0.700 bits per heavy atom. The van der Waals surface area contributed by atoms with Gasteiger partial charge in [-0.05, 0) is 54.1 Å². The molecule has 0 atom stereocenters. The molecule has 3 aromatic rings.